The van der Waals surface area contributed by atoms with E-state index in [2.05, 4.69) is 32.8 Å². The maximum absolute atomic E-state index is 8.95. The van der Waals surface area contributed by atoms with Crippen LogP contribution in [0, 0.1) is 5.92 Å². The van der Waals surface area contributed by atoms with Crippen LogP contribution >= 0.6 is 27.7 Å². The molecule has 1 unspecified atom stereocenters. The third kappa shape index (κ3) is 4.80. The average molecular weight is 305 g/mol. The number of thioether (sulfide) groups is 1. The lowest BCUT2D eigenvalue weighted by atomic mass is 10.2. The Balaban J connectivity index is 2.64. The number of hydrogen-bond acceptors (Lipinski definition) is 4. The maximum Gasteiger partial charge on any atom is 0.130 e. The lowest BCUT2D eigenvalue weighted by Crippen LogP contribution is -2.04. The van der Waals surface area contributed by atoms with Crippen LogP contribution in [0.4, 0.5) is 0 Å². The van der Waals surface area contributed by atoms with Crippen LogP contribution in [0.3, 0.4) is 0 Å². The topological polar surface area (TPSA) is 46.0 Å². The molecule has 1 aromatic heterocycles. The molecule has 0 aliphatic carbocycles. The zero-order valence-corrected chi connectivity index (χ0v) is 12.0. The number of aliphatic hydroxyl groups is 1. The van der Waals surface area contributed by atoms with Crippen LogP contribution in [0.5, 0.6) is 0 Å². The van der Waals surface area contributed by atoms with Crippen molar-refractivity contribution in [3.8, 4) is 0 Å². The minimum Gasteiger partial charge on any atom is -0.396 e. The van der Waals surface area contributed by atoms with Crippen molar-refractivity contribution in [2.24, 2.45) is 5.92 Å². The van der Waals surface area contributed by atoms with Gasteiger partial charge >= 0.3 is 0 Å². The molecule has 0 aliphatic heterocycles. The summed E-state index contributed by atoms with van der Waals surface area (Å²) in [4.78, 5) is 8.78. The molecule has 1 aromatic rings. The Hall–Kier alpha value is -0.130. The number of halogens is 1. The van der Waals surface area contributed by atoms with Gasteiger partial charge in [0.05, 0.1) is 0 Å². The van der Waals surface area contributed by atoms with Gasteiger partial charge in [0, 0.05) is 24.8 Å². The molecule has 90 valence electrons. The van der Waals surface area contributed by atoms with Crippen molar-refractivity contribution < 1.29 is 5.11 Å². The summed E-state index contributed by atoms with van der Waals surface area (Å²) in [6, 6.07) is 1.92. The average Bonchev–Trinajstić information content (AvgIpc) is 2.25. The fourth-order valence-corrected chi connectivity index (χ4v) is 2.63. The van der Waals surface area contributed by atoms with E-state index in [4.69, 9.17) is 5.11 Å². The second kappa shape index (κ2) is 7.25. The van der Waals surface area contributed by atoms with Crippen molar-refractivity contribution in [2.45, 2.75) is 31.7 Å². The summed E-state index contributed by atoms with van der Waals surface area (Å²) in [5.74, 6) is 2.07. The maximum atomic E-state index is 8.95. The SMILES string of the molecule is CCCc1nc(Br)cc(SCC(C)CO)n1. The Bertz CT molecular complexity index is 336. The highest BCUT2D eigenvalue weighted by molar-refractivity contribution is 9.10. The molecule has 1 heterocycles. The minimum atomic E-state index is 0.223. The van der Waals surface area contributed by atoms with E-state index in [1.807, 2.05) is 13.0 Å². The molecular formula is C11H17BrN2OS. The van der Waals surface area contributed by atoms with Gasteiger partial charge < -0.3 is 5.11 Å². The molecule has 0 aromatic carbocycles. The number of aliphatic hydroxyl groups excluding tert-OH is 1. The van der Waals surface area contributed by atoms with Crippen LogP contribution in [-0.4, -0.2) is 27.4 Å². The van der Waals surface area contributed by atoms with Gasteiger partial charge in [0.15, 0.2) is 0 Å². The first kappa shape index (κ1) is 13.9. The zero-order valence-electron chi connectivity index (χ0n) is 9.61. The van der Waals surface area contributed by atoms with E-state index in [0.29, 0.717) is 5.92 Å². The highest BCUT2D eigenvalue weighted by atomic mass is 79.9. The van der Waals surface area contributed by atoms with Gasteiger partial charge in [0.2, 0.25) is 0 Å². The van der Waals surface area contributed by atoms with Crippen molar-refractivity contribution in [1.82, 2.24) is 9.97 Å². The highest BCUT2D eigenvalue weighted by Gasteiger charge is 2.06. The molecule has 5 heteroatoms. The zero-order chi connectivity index (χ0) is 12.0. The van der Waals surface area contributed by atoms with Crippen LogP contribution in [0.1, 0.15) is 26.1 Å². The first-order chi connectivity index (χ1) is 7.65. The second-order valence-electron chi connectivity index (χ2n) is 3.79. The van der Waals surface area contributed by atoms with Crippen molar-refractivity contribution in [2.75, 3.05) is 12.4 Å². The lowest BCUT2D eigenvalue weighted by molar-refractivity contribution is 0.250. The number of aromatic nitrogens is 2. The molecule has 1 N–H and O–H groups in total. The van der Waals surface area contributed by atoms with Crippen LogP contribution in [0.2, 0.25) is 0 Å². The monoisotopic (exact) mass is 304 g/mol. The molecule has 3 nitrogen and oxygen atoms in total. The van der Waals surface area contributed by atoms with E-state index in [1.165, 1.54) is 0 Å². The summed E-state index contributed by atoms with van der Waals surface area (Å²) in [7, 11) is 0. The fourth-order valence-electron chi connectivity index (χ4n) is 1.13. The molecular weight excluding hydrogens is 288 g/mol. The summed E-state index contributed by atoms with van der Waals surface area (Å²) in [5, 5.41) is 9.93. The quantitative estimate of drug-likeness (QED) is 0.648. The van der Waals surface area contributed by atoms with Gasteiger partial charge in [0.25, 0.3) is 0 Å². The van der Waals surface area contributed by atoms with Crippen LogP contribution in [-0.2, 0) is 6.42 Å². The predicted molar refractivity (Wildman–Crippen MR) is 70.7 cm³/mol. The second-order valence-corrected chi connectivity index (χ2v) is 5.65. The van der Waals surface area contributed by atoms with Gasteiger partial charge in [-0.2, -0.15) is 0 Å². The first-order valence-electron chi connectivity index (χ1n) is 5.42. The van der Waals surface area contributed by atoms with Gasteiger partial charge in [-0.15, -0.1) is 11.8 Å². The van der Waals surface area contributed by atoms with E-state index in [0.717, 1.165) is 34.0 Å². The van der Waals surface area contributed by atoms with E-state index < -0.39 is 0 Å². The smallest absolute Gasteiger partial charge is 0.130 e. The Kier molecular flexibility index (Phi) is 6.31. The molecule has 0 bridgehead atoms. The molecule has 0 radical (unpaired) electrons. The molecule has 0 amide bonds. The summed E-state index contributed by atoms with van der Waals surface area (Å²) in [6.07, 6.45) is 1.95. The third-order valence-corrected chi connectivity index (χ3v) is 3.67. The van der Waals surface area contributed by atoms with Gasteiger partial charge in [-0.25, -0.2) is 9.97 Å². The van der Waals surface area contributed by atoms with Crippen molar-refractivity contribution in [1.29, 1.82) is 0 Å². The minimum absolute atomic E-state index is 0.223. The standard InChI is InChI=1S/C11H17BrN2OS/c1-3-4-10-13-9(12)5-11(14-10)16-7-8(2)6-15/h5,8,15H,3-4,6-7H2,1-2H3. The molecule has 0 aliphatic rings. The molecule has 0 spiro atoms. The number of rotatable bonds is 6. The van der Waals surface area contributed by atoms with Gasteiger partial charge in [0.1, 0.15) is 15.5 Å². The van der Waals surface area contributed by atoms with Crippen molar-refractivity contribution in [3.63, 3.8) is 0 Å². The van der Waals surface area contributed by atoms with E-state index in [1.54, 1.807) is 11.8 Å². The number of hydrogen-bond donors (Lipinski definition) is 1. The van der Waals surface area contributed by atoms with E-state index in [-0.39, 0.29) is 6.61 Å². The fraction of sp³-hybridized carbons (Fsp3) is 0.636. The van der Waals surface area contributed by atoms with Gasteiger partial charge in [-0.05, 0) is 28.3 Å². The van der Waals surface area contributed by atoms with Crippen molar-refractivity contribution in [3.05, 3.63) is 16.5 Å². The molecule has 1 rings (SSSR count). The summed E-state index contributed by atoms with van der Waals surface area (Å²) in [6.45, 7) is 4.36. The Morgan fingerprint density at radius 1 is 1.50 bits per heavy atom. The van der Waals surface area contributed by atoms with Crippen LogP contribution < -0.4 is 0 Å². The van der Waals surface area contributed by atoms with Gasteiger partial charge in [-0.3, -0.25) is 0 Å². The van der Waals surface area contributed by atoms with Crippen LogP contribution in [0.15, 0.2) is 15.7 Å². The Labute approximate surface area is 109 Å². The molecule has 1 atom stereocenters. The normalized spacial score (nSPS) is 12.8. The molecule has 16 heavy (non-hydrogen) atoms. The first-order valence-corrected chi connectivity index (χ1v) is 7.20. The Morgan fingerprint density at radius 3 is 2.88 bits per heavy atom. The lowest BCUT2D eigenvalue weighted by Gasteiger charge is -2.07. The Morgan fingerprint density at radius 2 is 2.25 bits per heavy atom. The molecule has 0 saturated heterocycles. The predicted octanol–water partition coefficient (Wildman–Crippen LogP) is 2.91. The van der Waals surface area contributed by atoms with Crippen molar-refractivity contribution >= 4 is 27.7 Å². The van der Waals surface area contributed by atoms with E-state index >= 15 is 0 Å². The summed E-state index contributed by atoms with van der Waals surface area (Å²) in [5.41, 5.74) is 0. The number of aryl methyl sites for hydroxylation is 1. The molecule has 0 saturated carbocycles. The number of nitrogens with zero attached hydrogens (tertiary/aromatic N) is 2. The van der Waals surface area contributed by atoms with Crippen LogP contribution in [0.25, 0.3) is 0 Å². The third-order valence-electron chi connectivity index (χ3n) is 2.02. The summed E-state index contributed by atoms with van der Waals surface area (Å²) >= 11 is 5.06. The van der Waals surface area contributed by atoms with E-state index in [9.17, 15) is 0 Å². The highest BCUT2D eigenvalue weighted by Crippen LogP contribution is 2.21. The van der Waals surface area contributed by atoms with Gasteiger partial charge in [-0.1, -0.05) is 13.8 Å². The summed E-state index contributed by atoms with van der Waals surface area (Å²) < 4.78 is 0.838. The molecule has 0 fully saturated rings. The largest absolute Gasteiger partial charge is 0.396 e.